The molecule has 0 unspecified atom stereocenters. The molecule has 6 nitrogen and oxygen atoms in total. The van der Waals surface area contributed by atoms with Crippen LogP contribution in [0.1, 0.15) is 38.2 Å². The summed E-state index contributed by atoms with van der Waals surface area (Å²) in [6, 6.07) is 17.4. The smallest absolute Gasteiger partial charge is 0.318 e. The maximum Gasteiger partial charge on any atom is 0.318 e. The number of hydrogen-bond donors (Lipinski definition) is 1. The zero-order valence-corrected chi connectivity index (χ0v) is 18.4. The van der Waals surface area contributed by atoms with Crippen LogP contribution in [-0.4, -0.2) is 50.0 Å². The molecule has 1 fully saturated rings. The van der Waals surface area contributed by atoms with Gasteiger partial charge in [0.1, 0.15) is 6.54 Å². The first-order valence-corrected chi connectivity index (χ1v) is 11.8. The van der Waals surface area contributed by atoms with Crippen LogP contribution in [0.15, 0.2) is 59.5 Å². The lowest BCUT2D eigenvalue weighted by Gasteiger charge is -2.34. The molecule has 0 aromatic heterocycles. The van der Waals surface area contributed by atoms with E-state index in [0.717, 1.165) is 35.9 Å². The number of aliphatic carboxylic acids is 1. The van der Waals surface area contributed by atoms with Crippen LogP contribution in [0.25, 0.3) is 0 Å². The number of carboxylic acid groups (broad SMARTS) is 1. The molecule has 0 bridgehead atoms. The van der Waals surface area contributed by atoms with Crippen molar-refractivity contribution in [2.24, 2.45) is 5.92 Å². The molecule has 0 aliphatic carbocycles. The van der Waals surface area contributed by atoms with Crippen molar-refractivity contribution in [1.82, 2.24) is 4.31 Å². The second-order valence-corrected chi connectivity index (χ2v) is 10.2. The minimum Gasteiger partial charge on any atom is -0.480 e. The molecule has 3 rings (SSSR count). The fraction of sp³-hybridized carbons (Fsp3) is 0.435. The zero-order chi connectivity index (χ0) is 21.7. The Morgan fingerprint density at radius 2 is 1.67 bits per heavy atom. The average molecular weight is 431 g/mol. The lowest BCUT2D eigenvalue weighted by molar-refractivity contribution is -0.137. The number of hydrogen-bond acceptors (Lipinski definition) is 4. The number of piperidine rings is 1. The molecule has 1 N–H and O–H groups in total. The predicted molar refractivity (Wildman–Crippen MR) is 118 cm³/mol. The van der Waals surface area contributed by atoms with Gasteiger partial charge in [0.15, 0.2) is 0 Å². The van der Waals surface area contributed by atoms with Crippen molar-refractivity contribution < 1.29 is 18.3 Å². The predicted octanol–water partition coefficient (Wildman–Crippen LogP) is 3.80. The van der Waals surface area contributed by atoms with Gasteiger partial charge in [0.2, 0.25) is 10.0 Å². The second-order valence-electron chi connectivity index (χ2n) is 8.25. The Morgan fingerprint density at radius 1 is 1.07 bits per heavy atom. The van der Waals surface area contributed by atoms with Crippen LogP contribution in [0.4, 0.5) is 5.69 Å². The van der Waals surface area contributed by atoms with E-state index in [2.05, 4.69) is 29.2 Å². The van der Waals surface area contributed by atoms with Crippen molar-refractivity contribution in [1.29, 1.82) is 0 Å². The lowest BCUT2D eigenvalue weighted by atomic mass is 9.89. The SMILES string of the molecule is CC(C)CN(CC(=O)O)S(=O)(=O)c1ccc(N2CCC(c3ccccc3)CC2)cc1. The van der Waals surface area contributed by atoms with E-state index in [1.54, 1.807) is 12.1 Å². The summed E-state index contributed by atoms with van der Waals surface area (Å²) in [6.45, 7) is 5.21. The monoisotopic (exact) mass is 430 g/mol. The van der Waals surface area contributed by atoms with Crippen molar-refractivity contribution in [3.63, 3.8) is 0 Å². The zero-order valence-electron chi connectivity index (χ0n) is 17.6. The van der Waals surface area contributed by atoms with Crippen LogP contribution in [0.5, 0.6) is 0 Å². The van der Waals surface area contributed by atoms with Crippen LogP contribution in [0.3, 0.4) is 0 Å². The molecule has 0 saturated carbocycles. The second kappa shape index (κ2) is 9.62. The third-order valence-corrected chi connectivity index (χ3v) is 7.31. The van der Waals surface area contributed by atoms with Gasteiger partial charge in [-0.2, -0.15) is 4.31 Å². The Bertz CT molecular complexity index is 935. The van der Waals surface area contributed by atoms with Gasteiger partial charge in [0.25, 0.3) is 0 Å². The highest BCUT2D eigenvalue weighted by Crippen LogP contribution is 2.31. The molecule has 2 aromatic carbocycles. The summed E-state index contributed by atoms with van der Waals surface area (Å²) < 4.78 is 26.9. The number of benzene rings is 2. The number of carboxylic acids is 1. The number of sulfonamides is 1. The van der Waals surface area contributed by atoms with Crippen molar-refractivity contribution in [2.75, 3.05) is 31.1 Å². The van der Waals surface area contributed by atoms with E-state index in [9.17, 15) is 13.2 Å². The summed E-state index contributed by atoms with van der Waals surface area (Å²) in [4.78, 5) is 13.6. The largest absolute Gasteiger partial charge is 0.480 e. The molecule has 1 aliphatic rings. The Kier molecular flexibility index (Phi) is 7.15. The molecule has 162 valence electrons. The van der Waals surface area contributed by atoms with Gasteiger partial charge in [-0.25, -0.2) is 8.42 Å². The molecule has 0 spiro atoms. The van der Waals surface area contributed by atoms with Crippen LogP contribution in [-0.2, 0) is 14.8 Å². The Hall–Kier alpha value is -2.38. The normalized spacial score (nSPS) is 15.7. The summed E-state index contributed by atoms with van der Waals surface area (Å²) in [5.74, 6) is -0.566. The number of anilines is 1. The van der Waals surface area contributed by atoms with Gasteiger partial charge in [-0.3, -0.25) is 4.79 Å². The molecule has 1 heterocycles. The van der Waals surface area contributed by atoms with Gasteiger partial charge in [-0.15, -0.1) is 0 Å². The quantitative estimate of drug-likeness (QED) is 0.689. The van der Waals surface area contributed by atoms with E-state index in [4.69, 9.17) is 5.11 Å². The maximum absolute atomic E-state index is 12.9. The molecular formula is C23H30N2O4S. The highest BCUT2D eigenvalue weighted by atomic mass is 32.2. The van der Waals surface area contributed by atoms with Gasteiger partial charge in [0, 0.05) is 25.3 Å². The Labute approximate surface area is 179 Å². The molecule has 2 aromatic rings. The van der Waals surface area contributed by atoms with Crippen molar-refractivity contribution in [3.8, 4) is 0 Å². The fourth-order valence-corrected chi connectivity index (χ4v) is 5.53. The van der Waals surface area contributed by atoms with Crippen molar-refractivity contribution in [3.05, 3.63) is 60.2 Å². The minimum atomic E-state index is -3.85. The Balaban J connectivity index is 1.69. The van der Waals surface area contributed by atoms with Gasteiger partial charge >= 0.3 is 5.97 Å². The first-order valence-electron chi connectivity index (χ1n) is 10.4. The van der Waals surface area contributed by atoms with Crippen LogP contribution >= 0.6 is 0 Å². The van der Waals surface area contributed by atoms with Gasteiger partial charge in [-0.05, 0) is 54.5 Å². The first-order chi connectivity index (χ1) is 14.3. The summed E-state index contributed by atoms with van der Waals surface area (Å²) in [5, 5.41) is 9.11. The number of carbonyl (C=O) groups is 1. The summed E-state index contributed by atoms with van der Waals surface area (Å²) in [6.07, 6.45) is 2.12. The molecule has 30 heavy (non-hydrogen) atoms. The van der Waals surface area contributed by atoms with E-state index < -0.39 is 22.5 Å². The van der Waals surface area contributed by atoms with E-state index >= 15 is 0 Å². The van der Waals surface area contributed by atoms with Gasteiger partial charge in [-0.1, -0.05) is 44.2 Å². The first kappa shape index (κ1) is 22.3. The molecule has 1 saturated heterocycles. The van der Waals surface area contributed by atoms with E-state index in [-0.39, 0.29) is 17.4 Å². The average Bonchev–Trinajstić information content (AvgIpc) is 2.73. The molecular weight excluding hydrogens is 400 g/mol. The van der Waals surface area contributed by atoms with E-state index in [1.165, 1.54) is 5.56 Å². The molecule has 0 atom stereocenters. The third kappa shape index (κ3) is 5.40. The molecule has 1 aliphatic heterocycles. The number of nitrogens with zero attached hydrogens (tertiary/aromatic N) is 2. The molecule has 0 radical (unpaired) electrons. The molecule has 7 heteroatoms. The van der Waals surface area contributed by atoms with Crippen molar-refractivity contribution >= 4 is 21.7 Å². The van der Waals surface area contributed by atoms with Crippen LogP contribution in [0.2, 0.25) is 0 Å². The lowest BCUT2D eigenvalue weighted by Crippen LogP contribution is -2.38. The van der Waals surface area contributed by atoms with E-state index in [1.807, 2.05) is 32.0 Å². The summed E-state index contributed by atoms with van der Waals surface area (Å²) in [5.41, 5.74) is 2.37. The van der Waals surface area contributed by atoms with Gasteiger partial charge < -0.3 is 10.0 Å². The maximum atomic E-state index is 12.9. The summed E-state index contributed by atoms with van der Waals surface area (Å²) >= 11 is 0. The third-order valence-electron chi connectivity index (χ3n) is 5.49. The van der Waals surface area contributed by atoms with Crippen molar-refractivity contribution in [2.45, 2.75) is 37.5 Å². The molecule has 0 amide bonds. The minimum absolute atomic E-state index is 0.0318. The number of rotatable bonds is 8. The topological polar surface area (TPSA) is 77.9 Å². The Morgan fingerprint density at radius 3 is 2.20 bits per heavy atom. The van der Waals surface area contributed by atoms with Gasteiger partial charge in [0.05, 0.1) is 4.90 Å². The summed E-state index contributed by atoms with van der Waals surface area (Å²) in [7, 11) is -3.85. The standard InChI is InChI=1S/C23H30N2O4S/c1-18(2)16-25(17-23(26)27)30(28,29)22-10-8-21(9-11-22)24-14-12-20(13-15-24)19-6-4-3-5-7-19/h3-11,18,20H,12-17H2,1-2H3,(H,26,27). The highest BCUT2D eigenvalue weighted by Gasteiger charge is 2.28. The van der Waals surface area contributed by atoms with Crippen LogP contribution in [0, 0.1) is 5.92 Å². The van der Waals surface area contributed by atoms with E-state index in [0.29, 0.717) is 5.92 Å². The highest BCUT2D eigenvalue weighted by molar-refractivity contribution is 7.89. The fourth-order valence-electron chi connectivity index (χ4n) is 3.98. The van der Waals surface area contributed by atoms with Crippen LogP contribution < -0.4 is 4.90 Å².